The van der Waals surface area contributed by atoms with Gasteiger partial charge in [0, 0.05) is 3.57 Å². The molecule has 1 fully saturated rings. The van der Waals surface area contributed by atoms with Crippen LogP contribution in [0.1, 0.15) is 18.1 Å². The zero-order valence-corrected chi connectivity index (χ0v) is 21.9. The molecule has 1 saturated heterocycles. The molecule has 0 spiro atoms. The molecule has 7 nitrogen and oxygen atoms in total. The van der Waals surface area contributed by atoms with E-state index in [4.69, 9.17) is 9.47 Å². The molecule has 168 valence electrons. The van der Waals surface area contributed by atoms with Gasteiger partial charge in [0.05, 0.1) is 23.6 Å². The van der Waals surface area contributed by atoms with E-state index in [2.05, 4.69) is 43.3 Å². The molecule has 10 heteroatoms. The predicted molar refractivity (Wildman–Crippen MR) is 133 cm³/mol. The third-order valence-corrected chi connectivity index (χ3v) is 6.79. The summed E-state index contributed by atoms with van der Waals surface area (Å²) in [4.78, 5) is 37.9. The van der Waals surface area contributed by atoms with Crippen LogP contribution in [0, 0.1) is 3.57 Å². The van der Waals surface area contributed by atoms with Gasteiger partial charge in [-0.1, -0.05) is 12.1 Å². The van der Waals surface area contributed by atoms with Gasteiger partial charge in [-0.2, -0.15) is 0 Å². The Morgan fingerprint density at radius 2 is 1.91 bits per heavy atom. The summed E-state index contributed by atoms with van der Waals surface area (Å²) in [5, 5.41) is -0.525. The van der Waals surface area contributed by atoms with Crippen molar-refractivity contribution in [2.75, 3.05) is 14.2 Å². The number of imide groups is 1. The van der Waals surface area contributed by atoms with E-state index in [1.807, 2.05) is 24.3 Å². The Labute approximate surface area is 211 Å². The highest BCUT2D eigenvalue weighted by Gasteiger charge is 2.41. The third kappa shape index (κ3) is 5.46. The molecule has 1 aliphatic rings. The van der Waals surface area contributed by atoms with E-state index in [1.165, 1.54) is 21.1 Å². The maximum Gasteiger partial charge on any atom is 0.328 e. The molecule has 0 radical (unpaired) electrons. The van der Waals surface area contributed by atoms with E-state index < -0.39 is 23.2 Å². The van der Waals surface area contributed by atoms with Gasteiger partial charge in [0.15, 0.2) is 11.5 Å². The first-order valence-electron chi connectivity index (χ1n) is 9.34. The van der Waals surface area contributed by atoms with Crippen molar-refractivity contribution >= 4 is 73.5 Å². The Bertz CT molecular complexity index is 1090. The molecule has 1 aliphatic heterocycles. The number of thioether (sulfide) groups is 1. The molecule has 2 aromatic carbocycles. The lowest BCUT2D eigenvalue weighted by atomic mass is 10.1. The van der Waals surface area contributed by atoms with E-state index in [1.54, 1.807) is 18.2 Å². The zero-order chi connectivity index (χ0) is 23.4. The molecule has 0 N–H and O–H groups in total. The number of carbonyl (C=O) groups excluding carboxylic acids is 3. The molecule has 2 aromatic rings. The first-order chi connectivity index (χ1) is 15.2. The number of nitrogens with zero attached hydrogens (tertiary/aromatic N) is 1. The van der Waals surface area contributed by atoms with Crippen LogP contribution in [-0.4, -0.2) is 42.3 Å². The van der Waals surface area contributed by atoms with Crippen LogP contribution in [0.3, 0.4) is 0 Å². The summed E-state index contributed by atoms with van der Waals surface area (Å²) in [5.41, 5.74) is 1.64. The Kier molecular flexibility index (Phi) is 8.23. The summed E-state index contributed by atoms with van der Waals surface area (Å²) in [6.07, 6.45) is 1.57. The number of rotatable bonds is 7. The minimum absolute atomic E-state index is 0.201. The number of esters is 1. The van der Waals surface area contributed by atoms with E-state index >= 15 is 0 Å². The Hall–Kier alpha value is -2.05. The van der Waals surface area contributed by atoms with Gasteiger partial charge >= 0.3 is 5.97 Å². The lowest BCUT2D eigenvalue weighted by Gasteiger charge is -2.18. The highest BCUT2D eigenvalue weighted by molar-refractivity contribution is 14.1. The standard InChI is InChI=1S/C22H19BrINO6S/c1-12(21(27)30-3)25-20(26)18(32-22(25)28)10-14-8-16(23)19(17(9-14)29-2)31-11-13-4-6-15(24)7-5-13/h4-10,12H,11H2,1-3H3/b18-10+/t12-/m1/s1. The number of halogens is 2. The van der Waals surface area contributed by atoms with Crippen LogP contribution in [0.5, 0.6) is 11.5 Å². The first kappa shape index (κ1) is 24.6. The normalized spacial score (nSPS) is 15.8. The molecule has 32 heavy (non-hydrogen) atoms. The van der Waals surface area contributed by atoms with Crippen molar-refractivity contribution in [2.24, 2.45) is 0 Å². The van der Waals surface area contributed by atoms with Gasteiger partial charge in [-0.05, 0) is 98.7 Å². The molecular formula is C22H19BrINO6S. The van der Waals surface area contributed by atoms with E-state index in [0.29, 0.717) is 28.1 Å². The molecule has 2 amide bonds. The van der Waals surface area contributed by atoms with E-state index in [0.717, 1.165) is 25.8 Å². The summed E-state index contributed by atoms with van der Waals surface area (Å²) in [7, 11) is 2.73. The maximum absolute atomic E-state index is 12.7. The van der Waals surface area contributed by atoms with Crippen molar-refractivity contribution < 1.29 is 28.6 Å². The van der Waals surface area contributed by atoms with E-state index in [-0.39, 0.29) is 4.91 Å². The average molecular weight is 632 g/mol. The summed E-state index contributed by atoms with van der Waals surface area (Å²) >= 11 is 6.51. The van der Waals surface area contributed by atoms with Crippen LogP contribution in [0.15, 0.2) is 45.8 Å². The van der Waals surface area contributed by atoms with Crippen LogP contribution in [-0.2, 0) is 20.9 Å². The van der Waals surface area contributed by atoms with Crippen LogP contribution in [0.2, 0.25) is 0 Å². The van der Waals surface area contributed by atoms with Crippen molar-refractivity contribution in [2.45, 2.75) is 19.6 Å². The number of hydrogen-bond acceptors (Lipinski definition) is 7. The van der Waals surface area contributed by atoms with Crippen LogP contribution < -0.4 is 9.47 Å². The van der Waals surface area contributed by atoms with Crippen molar-refractivity contribution in [3.8, 4) is 11.5 Å². The molecule has 1 atom stereocenters. The summed E-state index contributed by atoms with van der Waals surface area (Å²) < 4.78 is 17.8. The van der Waals surface area contributed by atoms with Crippen molar-refractivity contribution in [1.82, 2.24) is 4.90 Å². The summed E-state index contributed by atoms with van der Waals surface area (Å²) in [6.45, 7) is 1.81. The largest absolute Gasteiger partial charge is 0.493 e. The SMILES string of the molecule is COC(=O)[C@@H](C)N1C(=O)S/C(=C/c2cc(Br)c(OCc3ccc(I)cc3)c(OC)c2)C1=O. The monoisotopic (exact) mass is 631 g/mol. The average Bonchev–Trinajstić information content (AvgIpc) is 3.05. The molecule has 1 heterocycles. The van der Waals surface area contributed by atoms with Gasteiger partial charge in [-0.15, -0.1) is 0 Å². The molecule has 3 rings (SSSR count). The van der Waals surface area contributed by atoms with Gasteiger partial charge in [0.1, 0.15) is 12.6 Å². The second-order valence-electron chi connectivity index (χ2n) is 6.70. The van der Waals surface area contributed by atoms with Crippen molar-refractivity contribution in [3.63, 3.8) is 0 Å². The van der Waals surface area contributed by atoms with Gasteiger partial charge in [0.25, 0.3) is 11.1 Å². The van der Waals surface area contributed by atoms with Gasteiger partial charge in [-0.25, -0.2) is 4.79 Å². The molecular weight excluding hydrogens is 613 g/mol. The second kappa shape index (κ2) is 10.7. The number of carbonyl (C=O) groups is 3. The number of benzene rings is 2. The smallest absolute Gasteiger partial charge is 0.328 e. The van der Waals surface area contributed by atoms with E-state index in [9.17, 15) is 14.4 Å². The maximum atomic E-state index is 12.7. The minimum atomic E-state index is -1.00. The fraction of sp³-hybridized carbons (Fsp3) is 0.227. The lowest BCUT2D eigenvalue weighted by Crippen LogP contribution is -2.42. The highest BCUT2D eigenvalue weighted by Crippen LogP contribution is 2.39. The number of ether oxygens (including phenoxy) is 3. The van der Waals surface area contributed by atoms with Crippen LogP contribution >= 0.6 is 50.3 Å². The number of amides is 2. The Morgan fingerprint density at radius 3 is 2.53 bits per heavy atom. The van der Waals surface area contributed by atoms with Gasteiger partial charge in [0.2, 0.25) is 0 Å². The van der Waals surface area contributed by atoms with Crippen LogP contribution in [0.4, 0.5) is 4.79 Å². The van der Waals surface area contributed by atoms with Crippen molar-refractivity contribution in [3.05, 3.63) is 60.5 Å². The molecule has 0 aliphatic carbocycles. The fourth-order valence-corrected chi connectivity index (χ4v) is 4.78. The highest BCUT2D eigenvalue weighted by atomic mass is 127. The second-order valence-corrected chi connectivity index (χ2v) is 9.79. The van der Waals surface area contributed by atoms with Gasteiger partial charge in [-0.3, -0.25) is 14.5 Å². The molecule has 0 aromatic heterocycles. The Balaban J connectivity index is 1.83. The zero-order valence-electron chi connectivity index (χ0n) is 17.4. The Morgan fingerprint density at radius 1 is 1.22 bits per heavy atom. The quantitative estimate of drug-likeness (QED) is 0.235. The first-order valence-corrected chi connectivity index (χ1v) is 12.0. The van der Waals surface area contributed by atoms with Crippen LogP contribution in [0.25, 0.3) is 6.08 Å². The number of methoxy groups -OCH3 is 2. The third-order valence-electron chi connectivity index (χ3n) is 4.60. The molecule has 0 saturated carbocycles. The molecule has 0 unspecified atom stereocenters. The summed E-state index contributed by atoms with van der Waals surface area (Å²) in [5.74, 6) is -0.214. The lowest BCUT2D eigenvalue weighted by molar-refractivity contribution is -0.148. The predicted octanol–water partition coefficient (Wildman–Crippen LogP) is 5.24. The van der Waals surface area contributed by atoms with Crippen molar-refractivity contribution in [1.29, 1.82) is 0 Å². The number of hydrogen-bond donors (Lipinski definition) is 0. The molecule has 0 bridgehead atoms. The summed E-state index contributed by atoms with van der Waals surface area (Å²) in [6, 6.07) is 10.5. The van der Waals surface area contributed by atoms with Gasteiger partial charge < -0.3 is 14.2 Å². The topological polar surface area (TPSA) is 82.1 Å². The fourth-order valence-electron chi connectivity index (χ4n) is 2.94. The minimum Gasteiger partial charge on any atom is -0.493 e.